The molecule has 6 aromatic carbocycles. The largest absolute Gasteiger partial charge is 1.00 e. The van der Waals surface area contributed by atoms with Crippen molar-refractivity contribution in [3.8, 4) is 0 Å². The van der Waals surface area contributed by atoms with Crippen LogP contribution in [0.2, 0.25) is 0 Å². The Kier molecular flexibility index (Phi) is 20.7. The molecule has 0 aromatic heterocycles. The van der Waals surface area contributed by atoms with Crippen LogP contribution >= 0.6 is 0 Å². The molecular formula is C66H79ClN6. The van der Waals surface area contributed by atoms with Gasteiger partial charge in [-0.2, -0.15) is 0 Å². The van der Waals surface area contributed by atoms with E-state index < -0.39 is 0 Å². The van der Waals surface area contributed by atoms with E-state index in [1.165, 1.54) is 95.3 Å². The first-order valence-electron chi connectivity index (χ1n) is 26.9. The van der Waals surface area contributed by atoms with Gasteiger partial charge in [0.05, 0.1) is 11.3 Å². The Morgan fingerprint density at radius 3 is 0.973 bits per heavy atom. The maximum Gasteiger partial charge on any atom is 0.206 e. The fourth-order valence-corrected chi connectivity index (χ4v) is 10.3. The van der Waals surface area contributed by atoms with Crippen LogP contribution in [0.4, 0.5) is 22.7 Å². The van der Waals surface area contributed by atoms with Crippen molar-refractivity contribution in [2.45, 2.75) is 69.2 Å². The molecule has 380 valence electrons. The second-order valence-corrected chi connectivity index (χ2v) is 18.0. The first kappa shape index (κ1) is 55.4. The zero-order valence-electron chi connectivity index (χ0n) is 45.4. The number of rotatable bonds is 18. The molecule has 0 aliphatic heterocycles. The molecule has 0 amide bonds. The molecule has 73 heavy (non-hydrogen) atoms. The summed E-state index contributed by atoms with van der Waals surface area (Å²) in [5, 5.41) is 0. The summed E-state index contributed by atoms with van der Waals surface area (Å²) < 4.78 is 0. The maximum absolute atomic E-state index is 4.76. The van der Waals surface area contributed by atoms with Crippen LogP contribution in [0, 0.1) is 0 Å². The minimum Gasteiger partial charge on any atom is -1.00 e. The lowest BCUT2D eigenvalue weighted by Crippen LogP contribution is -3.00. The van der Waals surface area contributed by atoms with E-state index in [2.05, 4.69) is 264 Å². The van der Waals surface area contributed by atoms with Crippen LogP contribution in [-0.2, 0) is 0 Å². The number of benzene rings is 6. The molecule has 2 aliphatic carbocycles. The number of nitrogens with one attached hydrogen (secondary N) is 1. The second-order valence-electron chi connectivity index (χ2n) is 18.0. The minimum atomic E-state index is 0. The molecule has 0 spiro atoms. The van der Waals surface area contributed by atoms with Gasteiger partial charge in [-0.3, -0.25) is 4.99 Å². The molecule has 6 aromatic rings. The third-order valence-electron chi connectivity index (χ3n) is 14.2. The van der Waals surface area contributed by atoms with Gasteiger partial charge in [-0.1, -0.05) is 97.1 Å². The molecule has 8 rings (SSSR count). The molecule has 0 unspecified atom stereocenters. The first-order valence-corrected chi connectivity index (χ1v) is 26.9. The molecule has 0 saturated heterocycles. The first-order chi connectivity index (χ1) is 35.3. The van der Waals surface area contributed by atoms with Gasteiger partial charge in [-0.25, -0.2) is 4.99 Å². The zero-order valence-corrected chi connectivity index (χ0v) is 46.1. The van der Waals surface area contributed by atoms with Crippen molar-refractivity contribution < 1.29 is 17.4 Å². The summed E-state index contributed by atoms with van der Waals surface area (Å²) in [6, 6.07) is 53.8. The molecule has 0 saturated carbocycles. The Morgan fingerprint density at radius 1 is 0.356 bits per heavy atom. The molecule has 0 atom stereocenters. The zero-order chi connectivity index (χ0) is 51.0. The fourth-order valence-electron chi connectivity index (χ4n) is 10.3. The van der Waals surface area contributed by atoms with Gasteiger partial charge in [0.25, 0.3) is 0 Å². The topological polar surface area (TPSA) is 39.3 Å². The van der Waals surface area contributed by atoms with E-state index in [-0.39, 0.29) is 12.4 Å². The summed E-state index contributed by atoms with van der Waals surface area (Å²) in [5.41, 5.74) is 22.3. The summed E-state index contributed by atoms with van der Waals surface area (Å²) in [7, 11) is 0. The van der Waals surface area contributed by atoms with Gasteiger partial charge in [-0.15, -0.1) is 0 Å². The highest BCUT2D eigenvalue weighted by Gasteiger charge is 2.24. The van der Waals surface area contributed by atoms with E-state index in [0.717, 1.165) is 71.2 Å². The minimum absolute atomic E-state index is 0. The summed E-state index contributed by atoms with van der Waals surface area (Å²) >= 11 is 0. The van der Waals surface area contributed by atoms with Gasteiger partial charge >= 0.3 is 0 Å². The van der Waals surface area contributed by atoms with Crippen LogP contribution in [0.3, 0.4) is 0 Å². The monoisotopic (exact) mass is 991 g/mol. The lowest BCUT2D eigenvalue weighted by atomic mass is 9.83. The Morgan fingerprint density at radius 2 is 0.658 bits per heavy atom. The molecule has 0 fully saturated rings. The van der Waals surface area contributed by atoms with Gasteiger partial charge < -0.3 is 32.0 Å². The van der Waals surface area contributed by atoms with Gasteiger partial charge in [0.1, 0.15) is 6.54 Å². The Labute approximate surface area is 445 Å². The van der Waals surface area contributed by atoms with Crippen LogP contribution in [0.5, 0.6) is 0 Å². The maximum atomic E-state index is 4.76. The smallest absolute Gasteiger partial charge is 0.206 e. The Balaban J connectivity index is 0.000000235. The van der Waals surface area contributed by atoms with Crippen molar-refractivity contribution in [1.29, 1.82) is 0 Å². The number of aliphatic imine (C=N–C) groups is 1. The number of anilines is 4. The summed E-state index contributed by atoms with van der Waals surface area (Å²) in [4.78, 5) is 17.9. The Hall–Kier alpha value is -6.89. The van der Waals surface area contributed by atoms with E-state index in [0.29, 0.717) is 0 Å². The highest BCUT2D eigenvalue weighted by atomic mass is 35.5. The predicted octanol–water partition coefficient (Wildman–Crippen LogP) is 10.5. The standard InChI is InChI=1S/2C33H39N3.ClH/c2*1-6-34-32-24-23-31(29-13-11-12-14-30(29)32)33(25-15-19-27(20-16-25)35(7-2)8-3)26-17-21-28(22-18-26)36(9-4)10-5;/h2*11-24H,6-10H2,1-5H3;1H. The normalized spacial score (nSPS) is 13.4. The van der Waals surface area contributed by atoms with Crippen LogP contribution in [0.25, 0.3) is 22.3 Å². The SMILES string of the molecule is CCN=C1C=CC(=C(c2ccc(N(CC)CC)cc2)c2ccc(N(CC)CC)cc2)c2ccccc21.CC[NH+]=C1C=CC(=C(c2ccc(N(CC)CC)cc2)c2ccc(N(CC)CC)cc2)c2ccccc21.[Cl-]. The van der Waals surface area contributed by atoms with Crippen molar-refractivity contribution in [3.05, 3.63) is 214 Å². The highest BCUT2D eigenvalue weighted by molar-refractivity contribution is 6.19. The highest BCUT2D eigenvalue weighted by Crippen LogP contribution is 2.40. The predicted molar refractivity (Wildman–Crippen MR) is 316 cm³/mol. The number of hydrogen-bond donors (Lipinski definition) is 1. The molecule has 0 radical (unpaired) electrons. The quantitative estimate of drug-likeness (QED) is 0.0932. The average molecular weight is 992 g/mol. The van der Waals surface area contributed by atoms with E-state index in [9.17, 15) is 0 Å². The molecule has 7 heteroatoms. The van der Waals surface area contributed by atoms with Crippen LogP contribution in [0.15, 0.2) is 175 Å². The number of fused-ring (bicyclic) bond motifs is 2. The van der Waals surface area contributed by atoms with E-state index in [4.69, 9.17) is 4.99 Å². The number of allylic oxidation sites excluding steroid dienone is 6. The molecule has 0 bridgehead atoms. The van der Waals surface area contributed by atoms with Crippen molar-refractivity contribution in [1.82, 2.24) is 0 Å². The molecule has 2 aliphatic rings. The van der Waals surface area contributed by atoms with Crippen LogP contribution < -0.4 is 37.0 Å². The van der Waals surface area contributed by atoms with Crippen molar-refractivity contribution >= 4 is 56.5 Å². The Bertz CT molecular complexity index is 2570. The lowest BCUT2D eigenvalue weighted by Gasteiger charge is -2.24. The van der Waals surface area contributed by atoms with Crippen molar-refractivity contribution in [2.75, 3.05) is 85.0 Å². The molecular weight excluding hydrogens is 912 g/mol. The summed E-state index contributed by atoms with van der Waals surface area (Å²) in [6.07, 6.45) is 8.94. The summed E-state index contributed by atoms with van der Waals surface area (Å²) in [6.45, 7) is 31.7. The van der Waals surface area contributed by atoms with E-state index in [1.54, 1.807) is 0 Å². The van der Waals surface area contributed by atoms with Gasteiger partial charge in [0, 0.05) is 93.3 Å². The van der Waals surface area contributed by atoms with Crippen molar-refractivity contribution in [3.63, 3.8) is 0 Å². The van der Waals surface area contributed by atoms with Crippen LogP contribution in [0.1, 0.15) is 114 Å². The van der Waals surface area contributed by atoms with Crippen molar-refractivity contribution in [2.24, 2.45) is 4.99 Å². The van der Waals surface area contributed by atoms with Gasteiger partial charge in [0.15, 0.2) is 0 Å². The van der Waals surface area contributed by atoms with Gasteiger partial charge in [-0.05, 0) is 192 Å². The third-order valence-corrected chi connectivity index (χ3v) is 14.2. The number of halogens is 1. The fraction of sp³-hybridized carbons (Fsp3) is 0.303. The average Bonchev–Trinajstić information content (AvgIpc) is 3.43. The van der Waals surface area contributed by atoms with E-state index >= 15 is 0 Å². The van der Waals surface area contributed by atoms with E-state index in [1.807, 2.05) is 0 Å². The van der Waals surface area contributed by atoms with Crippen LogP contribution in [-0.4, -0.2) is 76.9 Å². The summed E-state index contributed by atoms with van der Waals surface area (Å²) in [5.74, 6) is 0. The lowest BCUT2D eigenvalue weighted by molar-refractivity contribution is -0.450. The molecule has 6 nitrogen and oxygen atoms in total. The number of hydrogen-bond acceptors (Lipinski definition) is 5. The molecule has 1 N–H and O–H groups in total. The third kappa shape index (κ3) is 12.7. The molecule has 0 heterocycles. The number of nitrogens with zero attached hydrogens (tertiary/aromatic N) is 5. The second kappa shape index (κ2) is 27.2. The van der Waals surface area contributed by atoms with Gasteiger partial charge in [0.2, 0.25) is 5.71 Å².